The number of carbonyl (C=O) groups is 2. The third kappa shape index (κ3) is 5.63. The molecule has 2 aromatic rings. The summed E-state index contributed by atoms with van der Waals surface area (Å²) in [5.74, 6) is -4.28. The zero-order valence-corrected chi connectivity index (χ0v) is 19.6. The SMILES string of the molecule is C[C@H](Cc1ccc2c(c1)OC(C(=O)O)(C(=O)OCCC1CC1)O2)NC[C@H](O)c1cccc(Cl)c1. The number of hydrogen-bond acceptors (Lipinski definition) is 7. The van der Waals surface area contributed by atoms with Crippen molar-refractivity contribution in [3.63, 3.8) is 0 Å². The summed E-state index contributed by atoms with van der Waals surface area (Å²) in [6.45, 7) is 2.44. The van der Waals surface area contributed by atoms with Crippen molar-refractivity contribution in [2.24, 2.45) is 5.92 Å². The van der Waals surface area contributed by atoms with Crippen LogP contribution in [-0.4, -0.2) is 47.1 Å². The van der Waals surface area contributed by atoms with E-state index in [0.717, 1.165) is 24.0 Å². The molecule has 2 aromatic carbocycles. The van der Waals surface area contributed by atoms with E-state index in [1.54, 1.807) is 36.4 Å². The number of nitrogens with one attached hydrogen (secondary N) is 1. The fraction of sp³-hybridized carbons (Fsp3) is 0.440. The second kappa shape index (κ2) is 10.2. The molecule has 182 valence electrons. The molecule has 34 heavy (non-hydrogen) atoms. The van der Waals surface area contributed by atoms with Crippen LogP contribution in [-0.2, 0) is 20.7 Å². The maximum atomic E-state index is 12.5. The molecule has 0 amide bonds. The molecule has 9 heteroatoms. The van der Waals surface area contributed by atoms with Gasteiger partial charge in [-0.25, -0.2) is 9.59 Å². The maximum absolute atomic E-state index is 12.5. The van der Waals surface area contributed by atoms with Gasteiger partial charge in [-0.3, -0.25) is 0 Å². The molecule has 0 aromatic heterocycles. The van der Waals surface area contributed by atoms with Crippen molar-refractivity contribution in [2.75, 3.05) is 13.2 Å². The molecule has 1 fully saturated rings. The van der Waals surface area contributed by atoms with E-state index < -0.39 is 23.8 Å². The van der Waals surface area contributed by atoms with E-state index >= 15 is 0 Å². The zero-order valence-electron chi connectivity index (χ0n) is 18.8. The van der Waals surface area contributed by atoms with Crippen LogP contribution in [0.1, 0.15) is 43.4 Å². The summed E-state index contributed by atoms with van der Waals surface area (Å²) in [6, 6.07) is 12.1. The minimum absolute atomic E-state index is 0.00849. The Morgan fingerprint density at radius 3 is 2.68 bits per heavy atom. The lowest BCUT2D eigenvalue weighted by Crippen LogP contribution is -2.55. The second-order valence-corrected chi connectivity index (χ2v) is 9.30. The molecule has 0 bridgehead atoms. The van der Waals surface area contributed by atoms with Crippen LogP contribution in [0.15, 0.2) is 42.5 Å². The van der Waals surface area contributed by atoms with Crippen molar-refractivity contribution < 1.29 is 34.0 Å². The minimum Gasteiger partial charge on any atom is -0.475 e. The Bertz CT molecular complexity index is 1060. The van der Waals surface area contributed by atoms with Crippen molar-refractivity contribution in [1.29, 1.82) is 0 Å². The Kier molecular flexibility index (Phi) is 7.30. The standard InChI is InChI=1S/C25H28ClNO7/c1-15(27-14-20(28)18-3-2-4-19(26)13-18)11-17-7-8-21-22(12-17)34-25(33-21,23(29)30)24(31)32-10-9-16-5-6-16/h2-4,7-8,12-13,15-16,20,27-28H,5-6,9-11,14H2,1H3,(H,29,30)/t15-,20+,25?/m1/s1. The monoisotopic (exact) mass is 489 g/mol. The number of fused-ring (bicyclic) bond motifs is 1. The fourth-order valence-corrected chi connectivity index (χ4v) is 4.02. The molecule has 1 aliphatic heterocycles. The van der Waals surface area contributed by atoms with Gasteiger partial charge in [0.1, 0.15) is 0 Å². The summed E-state index contributed by atoms with van der Waals surface area (Å²) < 4.78 is 16.1. The normalized spacial score (nSPS) is 20.6. The van der Waals surface area contributed by atoms with Gasteiger partial charge in [-0.1, -0.05) is 42.6 Å². The van der Waals surface area contributed by atoms with E-state index in [0.29, 0.717) is 30.3 Å². The first-order chi connectivity index (χ1) is 16.3. The van der Waals surface area contributed by atoms with Crippen LogP contribution < -0.4 is 14.8 Å². The van der Waals surface area contributed by atoms with Crippen molar-refractivity contribution in [3.8, 4) is 11.5 Å². The predicted molar refractivity (Wildman–Crippen MR) is 124 cm³/mol. The summed E-state index contributed by atoms with van der Waals surface area (Å²) in [7, 11) is 0. The smallest absolute Gasteiger partial charge is 0.453 e. The summed E-state index contributed by atoms with van der Waals surface area (Å²) in [5, 5.41) is 23.9. The third-order valence-electron chi connectivity index (χ3n) is 5.96. The molecule has 2 aliphatic rings. The van der Waals surface area contributed by atoms with Crippen molar-refractivity contribution in [1.82, 2.24) is 5.32 Å². The first kappa shape index (κ1) is 24.3. The third-order valence-corrected chi connectivity index (χ3v) is 6.19. The number of aliphatic hydroxyl groups is 1. The van der Waals surface area contributed by atoms with E-state index in [-0.39, 0.29) is 24.1 Å². The zero-order chi connectivity index (χ0) is 24.3. The van der Waals surface area contributed by atoms with Crippen molar-refractivity contribution in [2.45, 2.75) is 50.5 Å². The number of carboxylic acid groups (broad SMARTS) is 1. The van der Waals surface area contributed by atoms with Crippen LogP contribution >= 0.6 is 11.6 Å². The number of halogens is 1. The predicted octanol–water partition coefficient (Wildman–Crippen LogP) is 3.49. The van der Waals surface area contributed by atoms with E-state index in [1.165, 1.54) is 0 Å². The van der Waals surface area contributed by atoms with Gasteiger partial charge in [0.15, 0.2) is 11.5 Å². The summed E-state index contributed by atoms with van der Waals surface area (Å²) in [6.07, 6.45) is 2.78. The molecule has 1 aliphatic carbocycles. The van der Waals surface area contributed by atoms with Gasteiger partial charge in [-0.05, 0) is 61.1 Å². The molecule has 1 saturated carbocycles. The van der Waals surface area contributed by atoms with Crippen molar-refractivity contribution in [3.05, 3.63) is 58.6 Å². The van der Waals surface area contributed by atoms with E-state index in [9.17, 15) is 19.8 Å². The summed E-state index contributed by atoms with van der Waals surface area (Å²) in [4.78, 5) is 24.4. The van der Waals surface area contributed by atoms with Crippen LogP contribution in [0.3, 0.4) is 0 Å². The molecule has 1 heterocycles. The Hall–Kier alpha value is -2.81. The second-order valence-electron chi connectivity index (χ2n) is 8.86. The Labute approximate surface area is 202 Å². The lowest BCUT2D eigenvalue weighted by Gasteiger charge is -2.20. The number of benzene rings is 2. The van der Waals surface area contributed by atoms with Gasteiger partial charge in [0, 0.05) is 17.6 Å². The Balaban J connectivity index is 1.34. The number of ether oxygens (including phenoxy) is 3. The number of rotatable bonds is 11. The van der Waals surface area contributed by atoms with E-state index in [4.69, 9.17) is 25.8 Å². The van der Waals surface area contributed by atoms with Crippen LogP contribution in [0, 0.1) is 5.92 Å². The average Bonchev–Trinajstić information content (AvgIpc) is 3.54. The molecular weight excluding hydrogens is 462 g/mol. The molecule has 0 spiro atoms. The number of hydrogen-bond donors (Lipinski definition) is 3. The molecular formula is C25H28ClNO7. The Morgan fingerprint density at radius 2 is 1.97 bits per heavy atom. The number of carbonyl (C=O) groups excluding carboxylic acids is 1. The van der Waals surface area contributed by atoms with Gasteiger partial charge in [0.2, 0.25) is 0 Å². The molecule has 1 unspecified atom stereocenters. The number of carboxylic acids is 1. The average molecular weight is 490 g/mol. The van der Waals surface area contributed by atoms with Gasteiger partial charge < -0.3 is 29.7 Å². The largest absolute Gasteiger partial charge is 0.475 e. The summed E-state index contributed by atoms with van der Waals surface area (Å²) >= 11 is 5.99. The Morgan fingerprint density at radius 1 is 1.21 bits per heavy atom. The first-order valence-electron chi connectivity index (χ1n) is 11.4. The van der Waals surface area contributed by atoms with Crippen LogP contribution in [0.2, 0.25) is 5.02 Å². The highest BCUT2D eigenvalue weighted by Crippen LogP contribution is 2.41. The number of esters is 1. The van der Waals surface area contributed by atoms with E-state index in [2.05, 4.69) is 5.32 Å². The quantitative estimate of drug-likeness (QED) is 0.324. The highest BCUT2D eigenvalue weighted by atomic mass is 35.5. The molecule has 0 saturated heterocycles. The van der Waals surface area contributed by atoms with Gasteiger partial charge in [-0.2, -0.15) is 0 Å². The van der Waals surface area contributed by atoms with Crippen LogP contribution in [0.5, 0.6) is 11.5 Å². The minimum atomic E-state index is -2.53. The molecule has 0 radical (unpaired) electrons. The highest BCUT2D eigenvalue weighted by molar-refractivity contribution is 6.30. The topological polar surface area (TPSA) is 114 Å². The maximum Gasteiger partial charge on any atom is 0.453 e. The highest BCUT2D eigenvalue weighted by Gasteiger charge is 2.58. The number of aliphatic hydroxyl groups excluding tert-OH is 1. The fourth-order valence-electron chi connectivity index (χ4n) is 3.82. The lowest BCUT2D eigenvalue weighted by molar-refractivity contribution is -0.198. The molecule has 3 N–H and O–H groups in total. The van der Waals surface area contributed by atoms with Gasteiger partial charge in [-0.15, -0.1) is 0 Å². The van der Waals surface area contributed by atoms with Crippen LogP contribution in [0.25, 0.3) is 0 Å². The van der Waals surface area contributed by atoms with Gasteiger partial charge >= 0.3 is 17.7 Å². The van der Waals surface area contributed by atoms with Crippen molar-refractivity contribution >= 4 is 23.5 Å². The van der Waals surface area contributed by atoms with Gasteiger partial charge in [0.25, 0.3) is 0 Å². The van der Waals surface area contributed by atoms with Gasteiger partial charge in [0.05, 0.1) is 12.7 Å². The number of aliphatic carboxylic acids is 1. The van der Waals surface area contributed by atoms with Crippen LogP contribution in [0.4, 0.5) is 0 Å². The van der Waals surface area contributed by atoms with E-state index in [1.807, 2.05) is 13.0 Å². The molecule has 3 atom stereocenters. The molecule has 4 rings (SSSR count). The summed E-state index contributed by atoms with van der Waals surface area (Å²) in [5.41, 5.74) is 1.58. The lowest BCUT2D eigenvalue weighted by atomic mass is 10.1. The first-order valence-corrected chi connectivity index (χ1v) is 11.7. The molecule has 8 nitrogen and oxygen atoms in total.